The van der Waals surface area contributed by atoms with Crippen LogP contribution in [0.3, 0.4) is 0 Å². The zero-order valence-electron chi connectivity index (χ0n) is 17.7. The predicted molar refractivity (Wildman–Crippen MR) is 128 cm³/mol. The zero-order valence-corrected chi connectivity index (χ0v) is 18.5. The third kappa shape index (κ3) is 6.61. The maximum Gasteiger partial charge on any atom is 0.174 e. The largest absolute Gasteiger partial charge is 0.480 e. The molecule has 29 heavy (non-hydrogen) atoms. The number of aryl methyl sites for hydroxylation is 1. The van der Waals surface area contributed by atoms with Gasteiger partial charge >= 0.3 is 0 Å². The van der Waals surface area contributed by atoms with Gasteiger partial charge in [0.1, 0.15) is 6.61 Å². The number of unbranched alkanes of at least 4 members (excludes halogenated alkanes) is 3. The number of allylic oxidation sites excluding steroid dienone is 1. The summed E-state index contributed by atoms with van der Waals surface area (Å²) in [4.78, 5) is 1.25. The molecule has 0 saturated carbocycles. The van der Waals surface area contributed by atoms with Gasteiger partial charge in [0.25, 0.3) is 0 Å². The molecule has 0 unspecified atom stereocenters. The Hall–Kier alpha value is -2.32. The smallest absolute Gasteiger partial charge is 0.174 e. The maximum absolute atomic E-state index is 5.83. The lowest BCUT2D eigenvalue weighted by Gasteiger charge is -2.06. The summed E-state index contributed by atoms with van der Waals surface area (Å²) in [5, 5.41) is 0.976. The molecule has 3 rings (SSSR count). The van der Waals surface area contributed by atoms with Crippen molar-refractivity contribution in [3.05, 3.63) is 78.4 Å². The van der Waals surface area contributed by atoms with Crippen LogP contribution in [0.4, 0.5) is 0 Å². The fourth-order valence-electron chi connectivity index (χ4n) is 3.31. The molecule has 0 spiro atoms. The van der Waals surface area contributed by atoms with Gasteiger partial charge in [-0.15, -0.1) is 0 Å². The molecular weight excluding hydrogens is 372 g/mol. The summed E-state index contributed by atoms with van der Waals surface area (Å²) in [6.07, 6.45) is 11.6. The van der Waals surface area contributed by atoms with Crippen LogP contribution in [0.25, 0.3) is 21.6 Å². The van der Waals surface area contributed by atoms with E-state index in [1.807, 2.05) is 0 Å². The Balaban J connectivity index is 1.59. The molecule has 0 bridgehead atoms. The second-order valence-electron chi connectivity index (χ2n) is 7.42. The van der Waals surface area contributed by atoms with Gasteiger partial charge in [0.15, 0.2) is 5.06 Å². The van der Waals surface area contributed by atoms with E-state index in [0.717, 1.165) is 11.5 Å². The average Bonchev–Trinajstić information content (AvgIpc) is 3.23. The average molecular weight is 405 g/mol. The molecule has 0 N–H and O–H groups in total. The number of hydrogen-bond donors (Lipinski definition) is 0. The molecular formula is C27H32OS. The van der Waals surface area contributed by atoms with Crippen molar-refractivity contribution in [2.75, 3.05) is 6.61 Å². The fourth-order valence-corrected chi connectivity index (χ4v) is 4.18. The van der Waals surface area contributed by atoms with Crippen LogP contribution >= 0.6 is 11.3 Å². The summed E-state index contributed by atoms with van der Waals surface area (Å²) >= 11 is 1.71. The first kappa shape index (κ1) is 21.4. The van der Waals surface area contributed by atoms with E-state index in [1.165, 1.54) is 59.2 Å². The predicted octanol–water partition coefficient (Wildman–Crippen LogP) is 8.55. The van der Waals surface area contributed by atoms with Crippen LogP contribution < -0.4 is 4.74 Å². The second-order valence-corrected chi connectivity index (χ2v) is 8.47. The molecule has 0 fully saturated rings. The van der Waals surface area contributed by atoms with Crippen LogP contribution in [0.1, 0.15) is 51.5 Å². The van der Waals surface area contributed by atoms with Crippen LogP contribution in [-0.4, -0.2) is 6.61 Å². The lowest BCUT2D eigenvalue weighted by atomic mass is 10.0. The minimum atomic E-state index is 0.646. The van der Waals surface area contributed by atoms with Gasteiger partial charge in [-0.1, -0.05) is 105 Å². The van der Waals surface area contributed by atoms with E-state index >= 15 is 0 Å². The molecule has 1 aromatic heterocycles. The highest BCUT2D eigenvalue weighted by atomic mass is 32.1. The summed E-state index contributed by atoms with van der Waals surface area (Å²) in [5.74, 6) is 0. The Morgan fingerprint density at radius 1 is 0.724 bits per heavy atom. The molecule has 1 nitrogen and oxygen atoms in total. The van der Waals surface area contributed by atoms with Crippen molar-refractivity contribution >= 4 is 11.3 Å². The summed E-state index contributed by atoms with van der Waals surface area (Å²) in [5.41, 5.74) is 5.23. The lowest BCUT2D eigenvalue weighted by Crippen LogP contribution is -1.90. The topological polar surface area (TPSA) is 9.23 Å². The van der Waals surface area contributed by atoms with E-state index in [4.69, 9.17) is 4.74 Å². The van der Waals surface area contributed by atoms with Crippen molar-refractivity contribution in [1.29, 1.82) is 0 Å². The third-order valence-corrected chi connectivity index (χ3v) is 6.10. The van der Waals surface area contributed by atoms with Crippen LogP contribution in [-0.2, 0) is 6.42 Å². The summed E-state index contributed by atoms with van der Waals surface area (Å²) in [6.45, 7) is 5.09. The number of hydrogen-bond acceptors (Lipinski definition) is 2. The molecule has 0 atom stereocenters. The van der Waals surface area contributed by atoms with Crippen LogP contribution in [0.15, 0.2) is 72.8 Å². The van der Waals surface area contributed by atoms with E-state index in [-0.39, 0.29) is 0 Å². The van der Waals surface area contributed by atoms with Crippen LogP contribution in [0.2, 0.25) is 0 Å². The first-order valence-electron chi connectivity index (χ1n) is 10.9. The highest BCUT2D eigenvalue weighted by molar-refractivity contribution is 7.17. The Bertz CT molecular complexity index is 872. The van der Waals surface area contributed by atoms with Crippen molar-refractivity contribution < 1.29 is 4.74 Å². The van der Waals surface area contributed by atoms with Gasteiger partial charge < -0.3 is 4.74 Å². The minimum absolute atomic E-state index is 0.646. The molecule has 0 aliphatic heterocycles. The highest BCUT2D eigenvalue weighted by Gasteiger charge is 2.05. The molecule has 2 heteroatoms. The summed E-state index contributed by atoms with van der Waals surface area (Å²) < 4.78 is 5.83. The van der Waals surface area contributed by atoms with Crippen molar-refractivity contribution in [3.63, 3.8) is 0 Å². The van der Waals surface area contributed by atoms with E-state index in [2.05, 4.69) is 86.7 Å². The maximum atomic E-state index is 5.83. The standard InChI is InChI=1S/C27H32OS/c1-3-5-7-9-21-28-27-20-19-26(29-27)25-17-15-24(16-18-25)23-13-11-22(12-14-23)10-8-6-4-2/h7,9,11-20H,3-6,8,10,21H2,1-2H3. The molecule has 0 radical (unpaired) electrons. The first-order chi connectivity index (χ1) is 14.3. The minimum Gasteiger partial charge on any atom is -0.480 e. The van der Waals surface area contributed by atoms with Gasteiger partial charge in [-0.3, -0.25) is 0 Å². The molecule has 0 amide bonds. The number of rotatable bonds is 11. The van der Waals surface area contributed by atoms with Gasteiger partial charge in [-0.25, -0.2) is 0 Å². The van der Waals surface area contributed by atoms with Gasteiger partial charge in [0.05, 0.1) is 0 Å². The highest BCUT2D eigenvalue weighted by Crippen LogP contribution is 2.34. The molecule has 3 aromatic rings. The molecule has 2 aromatic carbocycles. The zero-order chi connectivity index (χ0) is 20.3. The van der Waals surface area contributed by atoms with E-state index in [1.54, 1.807) is 11.3 Å². The van der Waals surface area contributed by atoms with E-state index in [9.17, 15) is 0 Å². The Labute approximate surface area is 180 Å². The van der Waals surface area contributed by atoms with Crippen molar-refractivity contribution in [2.45, 2.75) is 52.4 Å². The van der Waals surface area contributed by atoms with Crippen molar-refractivity contribution in [3.8, 4) is 26.6 Å². The molecule has 152 valence electrons. The molecule has 0 aliphatic rings. The lowest BCUT2D eigenvalue weighted by molar-refractivity contribution is 0.373. The summed E-state index contributed by atoms with van der Waals surface area (Å²) in [7, 11) is 0. The Morgan fingerprint density at radius 3 is 2.10 bits per heavy atom. The van der Waals surface area contributed by atoms with E-state index < -0.39 is 0 Å². The van der Waals surface area contributed by atoms with Crippen molar-refractivity contribution in [1.82, 2.24) is 0 Å². The number of thiophene rings is 1. The monoisotopic (exact) mass is 404 g/mol. The first-order valence-corrected chi connectivity index (χ1v) is 11.7. The van der Waals surface area contributed by atoms with Gasteiger partial charge in [-0.2, -0.15) is 0 Å². The third-order valence-electron chi connectivity index (χ3n) is 5.05. The Morgan fingerprint density at radius 2 is 1.41 bits per heavy atom. The van der Waals surface area contributed by atoms with Crippen LogP contribution in [0, 0.1) is 0 Å². The number of ether oxygens (including phenoxy) is 1. The quantitative estimate of drug-likeness (QED) is 0.230. The number of benzene rings is 2. The summed E-state index contributed by atoms with van der Waals surface area (Å²) in [6, 6.07) is 22.1. The molecule has 0 aliphatic carbocycles. The van der Waals surface area contributed by atoms with Gasteiger partial charge in [0.2, 0.25) is 0 Å². The van der Waals surface area contributed by atoms with Crippen molar-refractivity contribution in [2.24, 2.45) is 0 Å². The fraction of sp³-hybridized carbons (Fsp3) is 0.333. The molecule has 0 saturated heterocycles. The normalized spacial score (nSPS) is 11.2. The van der Waals surface area contributed by atoms with Crippen LogP contribution in [0.5, 0.6) is 5.06 Å². The second kappa shape index (κ2) is 11.6. The van der Waals surface area contributed by atoms with Gasteiger partial charge in [0, 0.05) is 4.88 Å². The van der Waals surface area contributed by atoms with E-state index in [0.29, 0.717) is 6.61 Å². The SMILES string of the molecule is CCCC=CCOc1ccc(-c2ccc(-c3ccc(CCCCC)cc3)cc2)s1. The van der Waals surface area contributed by atoms with Gasteiger partial charge in [-0.05, 0) is 53.6 Å². The molecule has 1 heterocycles. The Kier molecular flexibility index (Phi) is 8.58.